The van der Waals surface area contributed by atoms with Crippen LogP contribution >= 0.6 is 12.6 Å². The second kappa shape index (κ2) is 7.04. The van der Waals surface area contributed by atoms with E-state index in [0.29, 0.717) is 28.0 Å². The summed E-state index contributed by atoms with van der Waals surface area (Å²) in [7, 11) is 0. The molecule has 112 valence electrons. The monoisotopic (exact) mass is 314 g/mol. The van der Waals surface area contributed by atoms with Crippen molar-refractivity contribution in [1.82, 2.24) is 0 Å². The lowest BCUT2D eigenvalue weighted by molar-refractivity contribution is -0.136. The van der Waals surface area contributed by atoms with Gasteiger partial charge in [-0.15, -0.1) is 0 Å². The summed E-state index contributed by atoms with van der Waals surface area (Å²) in [5.41, 5.74) is 2.02. The standard InChI is InChI=1S/C14H8O2.C3H6O2S/c15-13-9-5-1-2-6-10(9)14(16)12-8-4-3-7-11(12)13;4-3(5)1-2-6/h1-8H;6H,1-2H2,(H,4,5). The van der Waals surface area contributed by atoms with Gasteiger partial charge in [0.25, 0.3) is 0 Å². The summed E-state index contributed by atoms with van der Waals surface area (Å²) in [6.45, 7) is 0. The van der Waals surface area contributed by atoms with E-state index in [1.165, 1.54) is 0 Å². The van der Waals surface area contributed by atoms with Crippen molar-refractivity contribution >= 4 is 30.2 Å². The van der Waals surface area contributed by atoms with Crippen LogP contribution in [0, 0.1) is 0 Å². The number of fused-ring (bicyclic) bond motifs is 2. The fourth-order valence-electron chi connectivity index (χ4n) is 2.14. The first kappa shape index (κ1) is 16.0. The minimum Gasteiger partial charge on any atom is -0.481 e. The largest absolute Gasteiger partial charge is 0.481 e. The summed E-state index contributed by atoms with van der Waals surface area (Å²) < 4.78 is 0. The molecule has 0 atom stereocenters. The van der Waals surface area contributed by atoms with Gasteiger partial charge in [-0.1, -0.05) is 48.5 Å². The zero-order valence-corrected chi connectivity index (χ0v) is 12.5. The summed E-state index contributed by atoms with van der Waals surface area (Å²) in [6, 6.07) is 13.9. The number of carbonyl (C=O) groups excluding carboxylic acids is 2. The van der Waals surface area contributed by atoms with Crippen molar-refractivity contribution in [3.63, 3.8) is 0 Å². The minimum atomic E-state index is -0.787. The molecule has 0 unspecified atom stereocenters. The van der Waals surface area contributed by atoms with Gasteiger partial charge in [-0.2, -0.15) is 12.6 Å². The maximum absolute atomic E-state index is 12.1. The predicted octanol–water partition coefficient (Wildman–Crippen LogP) is 2.85. The smallest absolute Gasteiger partial charge is 0.304 e. The molecular weight excluding hydrogens is 300 g/mol. The Morgan fingerprint density at radius 3 is 1.32 bits per heavy atom. The lowest BCUT2D eigenvalue weighted by Crippen LogP contribution is -2.20. The summed E-state index contributed by atoms with van der Waals surface area (Å²) in [5, 5.41) is 7.86. The van der Waals surface area contributed by atoms with Crippen molar-refractivity contribution in [3.05, 3.63) is 70.8 Å². The van der Waals surface area contributed by atoms with Crippen molar-refractivity contribution in [1.29, 1.82) is 0 Å². The number of carbonyl (C=O) groups is 3. The van der Waals surface area contributed by atoms with Crippen LogP contribution in [0.3, 0.4) is 0 Å². The van der Waals surface area contributed by atoms with Crippen LogP contribution in [0.25, 0.3) is 0 Å². The van der Waals surface area contributed by atoms with Crippen LogP contribution in [0.5, 0.6) is 0 Å². The molecule has 0 aromatic heterocycles. The molecule has 0 bridgehead atoms. The lowest BCUT2D eigenvalue weighted by Gasteiger charge is -2.16. The number of hydrogen-bond donors (Lipinski definition) is 2. The molecule has 3 rings (SSSR count). The molecule has 22 heavy (non-hydrogen) atoms. The molecule has 0 spiro atoms. The Balaban J connectivity index is 0.000000254. The molecule has 0 saturated carbocycles. The van der Waals surface area contributed by atoms with Crippen LogP contribution in [0.15, 0.2) is 48.5 Å². The van der Waals surface area contributed by atoms with E-state index in [0.717, 1.165) is 0 Å². The van der Waals surface area contributed by atoms with Crippen LogP contribution in [0.4, 0.5) is 0 Å². The number of ketones is 2. The normalized spacial score (nSPS) is 11.9. The fraction of sp³-hybridized carbons (Fsp3) is 0.118. The highest BCUT2D eigenvalue weighted by atomic mass is 32.1. The third kappa shape index (κ3) is 3.26. The highest BCUT2D eigenvalue weighted by Crippen LogP contribution is 2.26. The molecule has 0 aliphatic heterocycles. The van der Waals surface area contributed by atoms with Crippen LogP contribution in [-0.4, -0.2) is 28.4 Å². The third-order valence-electron chi connectivity index (χ3n) is 3.16. The van der Waals surface area contributed by atoms with Gasteiger partial charge in [-0.25, -0.2) is 0 Å². The van der Waals surface area contributed by atoms with Crippen molar-refractivity contribution < 1.29 is 19.5 Å². The van der Waals surface area contributed by atoms with Crippen molar-refractivity contribution in [2.24, 2.45) is 0 Å². The van der Waals surface area contributed by atoms with E-state index in [-0.39, 0.29) is 18.0 Å². The van der Waals surface area contributed by atoms with E-state index in [2.05, 4.69) is 12.6 Å². The van der Waals surface area contributed by atoms with Gasteiger partial charge in [0.05, 0.1) is 6.42 Å². The Morgan fingerprint density at radius 2 is 1.14 bits per heavy atom. The molecule has 0 radical (unpaired) electrons. The van der Waals surface area contributed by atoms with Crippen LogP contribution in [0.1, 0.15) is 38.3 Å². The molecule has 4 nitrogen and oxygen atoms in total. The van der Waals surface area contributed by atoms with E-state index >= 15 is 0 Å². The molecule has 5 heteroatoms. The van der Waals surface area contributed by atoms with Crippen molar-refractivity contribution in [3.8, 4) is 0 Å². The number of benzene rings is 2. The Kier molecular flexibility index (Phi) is 5.12. The number of rotatable bonds is 2. The Bertz CT molecular complexity index is 631. The molecule has 0 saturated heterocycles. The van der Waals surface area contributed by atoms with Gasteiger partial charge in [0.2, 0.25) is 0 Å². The van der Waals surface area contributed by atoms with Gasteiger partial charge >= 0.3 is 5.97 Å². The Hall–Kier alpha value is -2.40. The van der Waals surface area contributed by atoms with Gasteiger partial charge in [-0.3, -0.25) is 14.4 Å². The predicted molar refractivity (Wildman–Crippen MR) is 85.9 cm³/mol. The second-order valence-electron chi connectivity index (χ2n) is 4.62. The summed E-state index contributed by atoms with van der Waals surface area (Å²) in [4.78, 5) is 33.8. The third-order valence-corrected chi connectivity index (χ3v) is 3.38. The van der Waals surface area contributed by atoms with E-state index in [9.17, 15) is 14.4 Å². The summed E-state index contributed by atoms with van der Waals surface area (Å²) >= 11 is 3.68. The molecule has 2 aromatic rings. The van der Waals surface area contributed by atoms with E-state index in [1.54, 1.807) is 48.5 Å². The zero-order valence-electron chi connectivity index (χ0n) is 11.7. The quantitative estimate of drug-likeness (QED) is 0.714. The first-order valence-electron chi connectivity index (χ1n) is 6.66. The number of carboxylic acids is 1. The average molecular weight is 314 g/mol. The molecular formula is C17H14O4S. The zero-order chi connectivity index (χ0) is 16.1. The van der Waals surface area contributed by atoms with Gasteiger partial charge in [0.15, 0.2) is 11.6 Å². The van der Waals surface area contributed by atoms with Gasteiger partial charge in [0, 0.05) is 28.0 Å². The van der Waals surface area contributed by atoms with Gasteiger partial charge in [-0.05, 0) is 0 Å². The molecule has 1 aliphatic carbocycles. The molecule has 0 heterocycles. The maximum atomic E-state index is 12.1. The van der Waals surface area contributed by atoms with E-state index in [4.69, 9.17) is 5.11 Å². The Morgan fingerprint density at radius 1 is 0.818 bits per heavy atom. The first-order chi connectivity index (χ1) is 10.6. The molecule has 1 aliphatic rings. The van der Waals surface area contributed by atoms with Crippen molar-refractivity contribution in [2.75, 3.05) is 5.75 Å². The molecule has 1 N–H and O–H groups in total. The number of carboxylic acid groups (broad SMARTS) is 1. The topological polar surface area (TPSA) is 71.4 Å². The SMILES string of the molecule is O=C(O)CCS.O=C1c2ccccc2C(=O)c2ccccc21. The van der Waals surface area contributed by atoms with Crippen molar-refractivity contribution in [2.45, 2.75) is 6.42 Å². The summed E-state index contributed by atoms with van der Waals surface area (Å²) in [5.74, 6) is -0.489. The summed E-state index contributed by atoms with van der Waals surface area (Å²) in [6.07, 6.45) is 0.156. The number of thiol groups is 1. The van der Waals surface area contributed by atoms with Gasteiger partial charge < -0.3 is 5.11 Å². The first-order valence-corrected chi connectivity index (χ1v) is 7.29. The van der Waals surface area contributed by atoms with Crippen LogP contribution < -0.4 is 0 Å². The minimum absolute atomic E-state index is 0.0641. The highest BCUT2D eigenvalue weighted by molar-refractivity contribution is 7.80. The van der Waals surface area contributed by atoms with Crippen LogP contribution in [-0.2, 0) is 4.79 Å². The Labute approximate surface area is 133 Å². The van der Waals surface area contributed by atoms with E-state index in [1.807, 2.05) is 0 Å². The highest BCUT2D eigenvalue weighted by Gasteiger charge is 2.28. The molecule has 2 aromatic carbocycles. The second-order valence-corrected chi connectivity index (χ2v) is 5.06. The fourth-order valence-corrected chi connectivity index (χ4v) is 2.34. The van der Waals surface area contributed by atoms with Gasteiger partial charge in [0.1, 0.15) is 0 Å². The lowest BCUT2D eigenvalue weighted by atomic mass is 9.84. The molecule has 0 amide bonds. The number of aliphatic carboxylic acids is 1. The van der Waals surface area contributed by atoms with E-state index < -0.39 is 5.97 Å². The maximum Gasteiger partial charge on any atom is 0.304 e. The average Bonchev–Trinajstić information content (AvgIpc) is 2.53. The number of hydrogen-bond acceptors (Lipinski definition) is 4. The van der Waals surface area contributed by atoms with Crippen LogP contribution in [0.2, 0.25) is 0 Å². The molecule has 0 fully saturated rings.